The van der Waals surface area contributed by atoms with Crippen LogP contribution in [0.3, 0.4) is 0 Å². The zero-order chi connectivity index (χ0) is 12.3. The Morgan fingerprint density at radius 3 is 3.06 bits per heavy atom. The Bertz CT molecular complexity index is 420. The van der Waals surface area contributed by atoms with Gasteiger partial charge >= 0.3 is 0 Å². The zero-order valence-corrected chi connectivity index (χ0v) is 9.87. The average molecular weight is 235 g/mol. The summed E-state index contributed by atoms with van der Waals surface area (Å²) >= 11 is 0. The molecule has 0 amide bonds. The Labute approximate surface area is 100 Å². The number of hydrogen-bond acceptors (Lipinski definition) is 5. The van der Waals surface area contributed by atoms with E-state index < -0.39 is 0 Å². The SMILES string of the molecule is CC1CCCCN1c1cncc(/C(N)=N/O)n1. The van der Waals surface area contributed by atoms with Gasteiger partial charge in [0.05, 0.1) is 12.4 Å². The Kier molecular flexibility index (Phi) is 3.41. The third kappa shape index (κ3) is 2.46. The Morgan fingerprint density at radius 2 is 2.35 bits per heavy atom. The monoisotopic (exact) mass is 235 g/mol. The van der Waals surface area contributed by atoms with Gasteiger partial charge in [-0.05, 0) is 26.2 Å². The number of nitrogens with zero attached hydrogens (tertiary/aromatic N) is 4. The quantitative estimate of drug-likeness (QED) is 0.345. The topological polar surface area (TPSA) is 87.6 Å². The van der Waals surface area contributed by atoms with E-state index in [2.05, 4.69) is 26.9 Å². The van der Waals surface area contributed by atoms with Crippen LogP contribution in [0.25, 0.3) is 0 Å². The van der Waals surface area contributed by atoms with E-state index in [1.807, 2.05) is 0 Å². The summed E-state index contributed by atoms with van der Waals surface area (Å²) in [6.07, 6.45) is 6.80. The molecule has 2 rings (SSSR count). The van der Waals surface area contributed by atoms with Gasteiger partial charge in [0.2, 0.25) is 0 Å². The number of anilines is 1. The predicted molar refractivity (Wildman–Crippen MR) is 65.2 cm³/mol. The molecule has 0 radical (unpaired) electrons. The van der Waals surface area contributed by atoms with Gasteiger partial charge in [-0.25, -0.2) is 4.98 Å². The fourth-order valence-electron chi connectivity index (χ4n) is 2.11. The first-order chi connectivity index (χ1) is 8.22. The molecule has 0 spiro atoms. The maximum atomic E-state index is 8.62. The molecule has 1 aliphatic heterocycles. The van der Waals surface area contributed by atoms with Crippen LogP contribution in [-0.2, 0) is 0 Å². The van der Waals surface area contributed by atoms with Gasteiger partial charge in [0, 0.05) is 12.6 Å². The number of oxime groups is 1. The molecule has 1 fully saturated rings. The van der Waals surface area contributed by atoms with Crippen LogP contribution in [0.4, 0.5) is 5.82 Å². The molecule has 1 atom stereocenters. The second-order valence-corrected chi connectivity index (χ2v) is 4.29. The molecular weight excluding hydrogens is 218 g/mol. The molecule has 0 bridgehead atoms. The first-order valence-electron chi connectivity index (χ1n) is 5.79. The van der Waals surface area contributed by atoms with Crippen LogP contribution >= 0.6 is 0 Å². The van der Waals surface area contributed by atoms with Crippen molar-refractivity contribution in [2.75, 3.05) is 11.4 Å². The highest BCUT2D eigenvalue weighted by atomic mass is 16.4. The average Bonchev–Trinajstić information content (AvgIpc) is 2.38. The van der Waals surface area contributed by atoms with Gasteiger partial charge in [-0.1, -0.05) is 5.16 Å². The summed E-state index contributed by atoms with van der Waals surface area (Å²) in [7, 11) is 0. The molecule has 6 nitrogen and oxygen atoms in total. The van der Waals surface area contributed by atoms with Gasteiger partial charge in [0.1, 0.15) is 11.5 Å². The minimum atomic E-state index is -0.0102. The number of amidine groups is 1. The van der Waals surface area contributed by atoms with E-state index in [0.29, 0.717) is 11.7 Å². The molecule has 0 saturated carbocycles. The zero-order valence-electron chi connectivity index (χ0n) is 9.87. The molecule has 1 aliphatic rings. The van der Waals surface area contributed by atoms with Crippen LogP contribution in [0.2, 0.25) is 0 Å². The predicted octanol–water partition coefficient (Wildman–Crippen LogP) is 0.950. The van der Waals surface area contributed by atoms with Crippen LogP contribution in [0.15, 0.2) is 17.5 Å². The minimum Gasteiger partial charge on any atom is -0.409 e. The fraction of sp³-hybridized carbons (Fsp3) is 0.545. The second kappa shape index (κ2) is 4.99. The maximum Gasteiger partial charge on any atom is 0.190 e. The summed E-state index contributed by atoms with van der Waals surface area (Å²) in [5.41, 5.74) is 5.91. The van der Waals surface area contributed by atoms with Crippen molar-refractivity contribution in [2.24, 2.45) is 10.9 Å². The maximum absolute atomic E-state index is 8.62. The smallest absolute Gasteiger partial charge is 0.190 e. The van der Waals surface area contributed by atoms with Crippen LogP contribution in [-0.4, -0.2) is 33.6 Å². The molecular formula is C11H17N5O. The summed E-state index contributed by atoms with van der Waals surface area (Å²) < 4.78 is 0. The van der Waals surface area contributed by atoms with Gasteiger partial charge < -0.3 is 15.8 Å². The molecule has 0 aromatic carbocycles. The van der Waals surface area contributed by atoms with E-state index in [1.165, 1.54) is 19.0 Å². The summed E-state index contributed by atoms with van der Waals surface area (Å²) in [6, 6.07) is 0.459. The van der Waals surface area contributed by atoms with Crippen LogP contribution in [0.1, 0.15) is 31.9 Å². The summed E-state index contributed by atoms with van der Waals surface area (Å²) in [5.74, 6) is 0.783. The molecule has 3 N–H and O–H groups in total. The third-order valence-corrected chi connectivity index (χ3v) is 3.09. The van der Waals surface area contributed by atoms with Gasteiger partial charge in [-0.15, -0.1) is 0 Å². The highest BCUT2D eigenvalue weighted by molar-refractivity contribution is 5.95. The minimum absolute atomic E-state index is 0.0102. The molecule has 1 saturated heterocycles. The lowest BCUT2D eigenvalue weighted by Gasteiger charge is -2.34. The van der Waals surface area contributed by atoms with E-state index in [1.54, 1.807) is 6.20 Å². The van der Waals surface area contributed by atoms with Crippen LogP contribution < -0.4 is 10.6 Å². The van der Waals surface area contributed by atoms with Gasteiger partial charge in [-0.2, -0.15) is 0 Å². The van der Waals surface area contributed by atoms with Gasteiger partial charge in [0.25, 0.3) is 0 Å². The lowest BCUT2D eigenvalue weighted by Crippen LogP contribution is -2.38. The first-order valence-corrected chi connectivity index (χ1v) is 5.79. The number of aromatic nitrogens is 2. The van der Waals surface area contributed by atoms with E-state index in [0.717, 1.165) is 18.8 Å². The van der Waals surface area contributed by atoms with Crippen molar-refractivity contribution in [3.8, 4) is 0 Å². The molecule has 17 heavy (non-hydrogen) atoms. The van der Waals surface area contributed by atoms with Crippen molar-refractivity contribution in [1.29, 1.82) is 0 Å². The number of nitrogens with two attached hydrogens (primary N) is 1. The Balaban J connectivity index is 2.26. The van der Waals surface area contributed by atoms with Crippen molar-refractivity contribution in [3.63, 3.8) is 0 Å². The lowest BCUT2D eigenvalue weighted by molar-refractivity contribution is 0.318. The normalized spacial score (nSPS) is 21.6. The number of hydrogen-bond donors (Lipinski definition) is 2. The van der Waals surface area contributed by atoms with Crippen LogP contribution in [0, 0.1) is 0 Å². The summed E-state index contributed by atoms with van der Waals surface area (Å²) in [5, 5.41) is 11.6. The lowest BCUT2D eigenvalue weighted by atomic mass is 10.0. The summed E-state index contributed by atoms with van der Waals surface area (Å²) in [4.78, 5) is 10.7. The van der Waals surface area contributed by atoms with E-state index in [4.69, 9.17) is 10.9 Å². The molecule has 1 unspecified atom stereocenters. The molecule has 0 aliphatic carbocycles. The molecule has 1 aromatic heterocycles. The summed E-state index contributed by atoms with van der Waals surface area (Å²) in [6.45, 7) is 3.16. The third-order valence-electron chi connectivity index (χ3n) is 3.09. The van der Waals surface area contributed by atoms with E-state index in [9.17, 15) is 0 Å². The highest BCUT2D eigenvalue weighted by Crippen LogP contribution is 2.22. The van der Waals surface area contributed by atoms with Crippen molar-refractivity contribution in [1.82, 2.24) is 9.97 Å². The van der Waals surface area contributed by atoms with Gasteiger partial charge in [-0.3, -0.25) is 4.98 Å². The van der Waals surface area contributed by atoms with E-state index in [-0.39, 0.29) is 5.84 Å². The number of rotatable bonds is 2. The Hall–Kier alpha value is -1.85. The molecule has 92 valence electrons. The first kappa shape index (κ1) is 11.6. The molecule has 1 aromatic rings. The van der Waals surface area contributed by atoms with Crippen molar-refractivity contribution < 1.29 is 5.21 Å². The van der Waals surface area contributed by atoms with Crippen molar-refractivity contribution in [2.45, 2.75) is 32.2 Å². The largest absolute Gasteiger partial charge is 0.409 e. The number of piperidine rings is 1. The molecule has 2 heterocycles. The van der Waals surface area contributed by atoms with Crippen molar-refractivity contribution >= 4 is 11.7 Å². The molecule has 6 heteroatoms. The van der Waals surface area contributed by atoms with Gasteiger partial charge in [0.15, 0.2) is 5.84 Å². The Morgan fingerprint density at radius 1 is 1.53 bits per heavy atom. The fourth-order valence-corrected chi connectivity index (χ4v) is 2.11. The second-order valence-electron chi connectivity index (χ2n) is 4.29. The highest BCUT2D eigenvalue weighted by Gasteiger charge is 2.20. The van der Waals surface area contributed by atoms with E-state index >= 15 is 0 Å². The standard InChI is InChI=1S/C11H17N5O/c1-8-4-2-3-5-16(8)10-7-13-6-9(14-10)11(12)15-17/h6-8,17H,2-5H2,1H3,(H2,12,15). The van der Waals surface area contributed by atoms with Crippen LogP contribution in [0.5, 0.6) is 0 Å². The van der Waals surface area contributed by atoms with Crippen molar-refractivity contribution in [3.05, 3.63) is 18.1 Å².